The van der Waals surface area contributed by atoms with Crippen molar-refractivity contribution < 1.29 is 8.42 Å². The standard InChI is InChI=1S/C24H32N4O2S/c1-24(2)20-5-4-19(28-11-13-31(29,30)14-12-28)16-23(20)26-22-6-3-18(15-21(22)24)17-27-9-7-25-8-10-27/h3-6,15-16,25-26H,7-14,17H2,1-2H3. The number of hydrogen-bond acceptors (Lipinski definition) is 6. The molecule has 3 aliphatic heterocycles. The van der Waals surface area contributed by atoms with Gasteiger partial charge in [0.15, 0.2) is 9.84 Å². The van der Waals surface area contributed by atoms with Crippen molar-refractivity contribution in [2.75, 3.05) is 61.0 Å². The molecule has 7 heteroatoms. The third-order valence-corrected chi connectivity index (χ3v) is 8.64. The van der Waals surface area contributed by atoms with Crippen LogP contribution in [0.1, 0.15) is 30.5 Å². The fourth-order valence-electron chi connectivity index (χ4n) is 5.08. The molecule has 0 atom stereocenters. The maximum Gasteiger partial charge on any atom is 0.153 e. The van der Waals surface area contributed by atoms with Crippen LogP contribution in [0.3, 0.4) is 0 Å². The van der Waals surface area contributed by atoms with Gasteiger partial charge in [-0.15, -0.1) is 0 Å². The van der Waals surface area contributed by atoms with E-state index in [0.717, 1.165) is 44.1 Å². The van der Waals surface area contributed by atoms with Gasteiger partial charge in [-0.25, -0.2) is 8.42 Å². The summed E-state index contributed by atoms with van der Waals surface area (Å²) in [6.45, 7) is 11.1. The molecule has 0 radical (unpaired) electrons. The number of benzene rings is 2. The lowest BCUT2D eigenvalue weighted by molar-refractivity contribution is 0.233. The minimum Gasteiger partial charge on any atom is -0.369 e. The predicted octanol–water partition coefficient (Wildman–Crippen LogP) is 2.71. The first-order valence-corrected chi connectivity index (χ1v) is 13.1. The van der Waals surface area contributed by atoms with Crippen LogP contribution in [0.15, 0.2) is 36.4 Å². The molecule has 0 unspecified atom stereocenters. The van der Waals surface area contributed by atoms with Gasteiger partial charge in [0.25, 0.3) is 0 Å². The monoisotopic (exact) mass is 440 g/mol. The summed E-state index contributed by atoms with van der Waals surface area (Å²) in [6, 6.07) is 13.4. The highest BCUT2D eigenvalue weighted by molar-refractivity contribution is 7.91. The number of sulfone groups is 1. The fraction of sp³-hybridized carbons (Fsp3) is 0.500. The van der Waals surface area contributed by atoms with Crippen LogP contribution in [0.25, 0.3) is 0 Å². The zero-order valence-electron chi connectivity index (χ0n) is 18.4. The molecule has 3 aliphatic rings. The Morgan fingerprint density at radius 3 is 2.39 bits per heavy atom. The number of fused-ring (bicyclic) bond motifs is 2. The maximum atomic E-state index is 11.8. The first kappa shape index (κ1) is 20.8. The number of nitrogens with one attached hydrogen (secondary N) is 2. The van der Waals surface area contributed by atoms with E-state index in [1.807, 2.05) is 0 Å². The molecule has 2 fully saturated rings. The first-order chi connectivity index (χ1) is 14.8. The van der Waals surface area contributed by atoms with E-state index in [1.165, 1.54) is 22.4 Å². The number of hydrogen-bond donors (Lipinski definition) is 2. The minimum absolute atomic E-state index is 0.0981. The van der Waals surface area contributed by atoms with Crippen molar-refractivity contribution in [2.24, 2.45) is 0 Å². The van der Waals surface area contributed by atoms with E-state index in [9.17, 15) is 8.42 Å². The lowest BCUT2D eigenvalue weighted by Gasteiger charge is -2.37. The van der Waals surface area contributed by atoms with Gasteiger partial charge in [0.2, 0.25) is 0 Å². The third-order valence-electron chi connectivity index (χ3n) is 7.03. The van der Waals surface area contributed by atoms with Gasteiger partial charge < -0.3 is 15.5 Å². The summed E-state index contributed by atoms with van der Waals surface area (Å²) in [6.07, 6.45) is 0. The zero-order chi connectivity index (χ0) is 21.6. The van der Waals surface area contributed by atoms with E-state index >= 15 is 0 Å². The van der Waals surface area contributed by atoms with Crippen LogP contribution in [-0.4, -0.2) is 64.1 Å². The van der Waals surface area contributed by atoms with Crippen LogP contribution in [0, 0.1) is 0 Å². The topological polar surface area (TPSA) is 64.7 Å². The predicted molar refractivity (Wildman–Crippen MR) is 127 cm³/mol. The van der Waals surface area contributed by atoms with Gasteiger partial charge in [0, 0.05) is 68.3 Å². The summed E-state index contributed by atoms with van der Waals surface area (Å²) in [5, 5.41) is 7.08. The number of anilines is 3. The number of piperazine rings is 1. The molecule has 2 aromatic carbocycles. The summed E-state index contributed by atoms with van der Waals surface area (Å²) >= 11 is 0. The first-order valence-electron chi connectivity index (χ1n) is 11.3. The number of rotatable bonds is 3. The van der Waals surface area contributed by atoms with Crippen molar-refractivity contribution in [3.05, 3.63) is 53.1 Å². The lowest BCUT2D eigenvalue weighted by Crippen LogP contribution is -2.42. The van der Waals surface area contributed by atoms with Gasteiger partial charge in [0.1, 0.15) is 0 Å². The van der Waals surface area contributed by atoms with Gasteiger partial charge in [-0.05, 0) is 34.9 Å². The lowest BCUT2D eigenvalue weighted by atomic mass is 9.74. The van der Waals surface area contributed by atoms with E-state index in [-0.39, 0.29) is 16.9 Å². The molecule has 0 bridgehead atoms. The van der Waals surface area contributed by atoms with Gasteiger partial charge >= 0.3 is 0 Å². The van der Waals surface area contributed by atoms with Crippen LogP contribution >= 0.6 is 0 Å². The molecule has 3 heterocycles. The van der Waals surface area contributed by atoms with Crippen LogP contribution in [-0.2, 0) is 21.8 Å². The van der Waals surface area contributed by atoms with E-state index in [1.54, 1.807) is 0 Å². The summed E-state index contributed by atoms with van der Waals surface area (Å²) in [7, 11) is -2.88. The Labute approximate surface area is 185 Å². The average Bonchev–Trinajstić information content (AvgIpc) is 2.75. The average molecular weight is 441 g/mol. The number of nitrogens with zero attached hydrogens (tertiary/aromatic N) is 2. The quantitative estimate of drug-likeness (QED) is 0.765. The Balaban J connectivity index is 1.40. The molecule has 2 N–H and O–H groups in total. The highest BCUT2D eigenvalue weighted by Crippen LogP contribution is 2.46. The van der Waals surface area contributed by atoms with E-state index in [4.69, 9.17) is 0 Å². The molecule has 0 aliphatic carbocycles. The van der Waals surface area contributed by atoms with Crippen molar-refractivity contribution >= 4 is 26.9 Å². The normalized spacial score (nSPS) is 22.3. The van der Waals surface area contributed by atoms with E-state index < -0.39 is 9.84 Å². The van der Waals surface area contributed by atoms with Crippen molar-refractivity contribution in [3.8, 4) is 0 Å². The molecular formula is C24H32N4O2S. The van der Waals surface area contributed by atoms with Gasteiger partial charge in [-0.2, -0.15) is 0 Å². The molecular weight excluding hydrogens is 408 g/mol. The van der Waals surface area contributed by atoms with E-state index in [0.29, 0.717) is 13.1 Å². The third kappa shape index (κ3) is 4.06. The Bertz CT molecular complexity index is 1080. The summed E-state index contributed by atoms with van der Waals surface area (Å²) < 4.78 is 23.6. The summed E-state index contributed by atoms with van der Waals surface area (Å²) in [5.74, 6) is 0.476. The van der Waals surface area contributed by atoms with Crippen LogP contribution < -0.4 is 15.5 Å². The SMILES string of the molecule is CC1(C)c2ccc(N3CCS(=O)(=O)CC3)cc2Nc2ccc(CN3CCNCC3)cc21. The highest BCUT2D eigenvalue weighted by atomic mass is 32.2. The molecule has 0 saturated carbocycles. The maximum absolute atomic E-state index is 11.8. The Hall–Kier alpha value is -2.09. The van der Waals surface area contributed by atoms with Crippen LogP contribution in [0.4, 0.5) is 17.1 Å². The Morgan fingerprint density at radius 2 is 1.65 bits per heavy atom. The molecule has 0 spiro atoms. The highest BCUT2D eigenvalue weighted by Gasteiger charge is 2.33. The minimum atomic E-state index is -2.88. The Morgan fingerprint density at radius 1 is 0.903 bits per heavy atom. The second kappa shape index (κ2) is 7.80. The zero-order valence-corrected chi connectivity index (χ0v) is 19.3. The van der Waals surface area contributed by atoms with Crippen LogP contribution in [0.2, 0.25) is 0 Å². The molecule has 2 aromatic rings. The molecule has 31 heavy (non-hydrogen) atoms. The fourth-order valence-corrected chi connectivity index (χ4v) is 6.28. The Kier molecular flexibility index (Phi) is 5.23. The van der Waals surface area contributed by atoms with Gasteiger partial charge in [0.05, 0.1) is 11.5 Å². The van der Waals surface area contributed by atoms with Crippen molar-refractivity contribution in [3.63, 3.8) is 0 Å². The molecule has 2 saturated heterocycles. The molecule has 0 aromatic heterocycles. The van der Waals surface area contributed by atoms with E-state index in [2.05, 4.69) is 70.7 Å². The van der Waals surface area contributed by atoms with Crippen molar-refractivity contribution in [2.45, 2.75) is 25.8 Å². The van der Waals surface area contributed by atoms with Crippen molar-refractivity contribution in [1.82, 2.24) is 10.2 Å². The smallest absolute Gasteiger partial charge is 0.153 e. The summed E-state index contributed by atoms with van der Waals surface area (Å²) in [5.41, 5.74) is 7.27. The molecule has 6 nitrogen and oxygen atoms in total. The van der Waals surface area contributed by atoms with Gasteiger partial charge in [-0.3, -0.25) is 4.90 Å². The molecule has 0 amide bonds. The second-order valence-corrected chi connectivity index (χ2v) is 11.8. The second-order valence-electron chi connectivity index (χ2n) is 9.52. The van der Waals surface area contributed by atoms with Crippen molar-refractivity contribution in [1.29, 1.82) is 0 Å². The molecule has 166 valence electrons. The molecule has 5 rings (SSSR count). The van der Waals surface area contributed by atoms with Gasteiger partial charge in [-0.1, -0.05) is 32.0 Å². The van der Waals surface area contributed by atoms with Crippen LogP contribution in [0.5, 0.6) is 0 Å². The summed E-state index contributed by atoms with van der Waals surface area (Å²) in [4.78, 5) is 4.70. The largest absolute Gasteiger partial charge is 0.369 e.